The van der Waals surface area contributed by atoms with Crippen LogP contribution in [0.5, 0.6) is 0 Å². The number of hydrogen-bond donors (Lipinski definition) is 0. The Morgan fingerprint density at radius 1 is 0.955 bits per heavy atom. The van der Waals surface area contributed by atoms with Crippen LogP contribution in [0.25, 0.3) is 0 Å². The summed E-state index contributed by atoms with van der Waals surface area (Å²) in [6.45, 7) is 6.70. The van der Waals surface area contributed by atoms with Crippen molar-refractivity contribution in [2.75, 3.05) is 14.2 Å². The summed E-state index contributed by atoms with van der Waals surface area (Å²) in [5.74, 6) is -0.697. The van der Waals surface area contributed by atoms with Gasteiger partial charge in [0, 0.05) is 0 Å². The van der Waals surface area contributed by atoms with Crippen molar-refractivity contribution in [2.45, 2.75) is 45.8 Å². The van der Waals surface area contributed by atoms with Gasteiger partial charge in [0.1, 0.15) is 0 Å². The molecule has 2 saturated heterocycles. The van der Waals surface area contributed by atoms with E-state index in [0.29, 0.717) is 11.8 Å². The second-order valence-corrected chi connectivity index (χ2v) is 7.92. The quantitative estimate of drug-likeness (QED) is 0.730. The molecule has 2 heterocycles. The molecule has 0 aromatic carbocycles. The third-order valence-corrected chi connectivity index (χ3v) is 6.10. The van der Waals surface area contributed by atoms with Gasteiger partial charge in [0.25, 0.3) is 0 Å². The minimum atomic E-state index is -0.536. The molecule has 7 atom stereocenters. The first-order valence-electron chi connectivity index (χ1n) is 8.12. The third-order valence-electron chi connectivity index (χ3n) is 6.10. The van der Waals surface area contributed by atoms with Gasteiger partial charge in [-0.05, 0) is 36.0 Å². The van der Waals surface area contributed by atoms with Crippen molar-refractivity contribution < 1.29 is 23.8 Å². The van der Waals surface area contributed by atoms with Gasteiger partial charge in [-0.3, -0.25) is 9.59 Å². The fourth-order valence-corrected chi connectivity index (χ4v) is 5.25. The predicted octanol–water partition coefficient (Wildman–Crippen LogP) is 2.03. The second-order valence-electron chi connectivity index (χ2n) is 7.92. The number of rotatable bonds is 2. The van der Waals surface area contributed by atoms with E-state index in [4.69, 9.17) is 14.2 Å². The third kappa shape index (κ3) is 2.16. The topological polar surface area (TPSA) is 61.8 Å². The van der Waals surface area contributed by atoms with Crippen LogP contribution < -0.4 is 0 Å². The Labute approximate surface area is 131 Å². The summed E-state index contributed by atoms with van der Waals surface area (Å²) in [7, 11) is 2.74. The van der Waals surface area contributed by atoms with E-state index in [9.17, 15) is 9.59 Å². The van der Waals surface area contributed by atoms with E-state index < -0.39 is 11.8 Å². The first kappa shape index (κ1) is 15.8. The summed E-state index contributed by atoms with van der Waals surface area (Å²) >= 11 is 0. The zero-order valence-corrected chi connectivity index (χ0v) is 14.0. The lowest BCUT2D eigenvalue weighted by atomic mass is 9.78. The Morgan fingerprint density at radius 3 is 2.00 bits per heavy atom. The standard InChI is InChI=1S/C17H26O5/c1-8-9-6-17(2,3)7-10(9)14-12(16(19)21-5)11(13(8)22-14)15(18)20-4/h8-14H,6-7H2,1-5H3/t8-,9+,10+,11-,12+,13+,14-/m0/s1. The number of carbonyl (C=O) groups excluding carboxylic acids is 2. The maximum Gasteiger partial charge on any atom is 0.312 e. The summed E-state index contributed by atoms with van der Waals surface area (Å²) in [4.78, 5) is 24.6. The van der Waals surface area contributed by atoms with E-state index in [1.807, 2.05) is 0 Å². The monoisotopic (exact) mass is 310 g/mol. The number of methoxy groups -OCH3 is 2. The highest BCUT2D eigenvalue weighted by molar-refractivity contribution is 5.84. The zero-order valence-electron chi connectivity index (χ0n) is 14.0. The van der Waals surface area contributed by atoms with Crippen molar-refractivity contribution in [1.29, 1.82) is 0 Å². The van der Waals surface area contributed by atoms with E-state index >= 15 is 0 Å². The average molecular weight is 310 g/mol. The second kappa shape index (κ2) is 5.22. The van der Waals surface area contributed by atoms with Crippen molar-refractivity contribution in [1.82, 2.24) is 0 Å². The van der Waals surface area contributed by atoms with Gasteiger partial charge in [-0.15, -0.1) is 0 Å². The minimum Gasteiger partial charge on any atom is -0.469 e. The summed E-state index contributed by atoms with van der Waals surface area (Å²) in [5, 5.41) is 0. The van der Waals surface area contributed by atoms with Gasteiger partial charge in [0.2, 0.25) is 0 Å². The number of ether oxygens (including phenoxy) is 3. The predicted molar refractivity (Wildman–Crippen MR) is 78.8 cm³/mol. The molecular weight excluding hydrogens is 284 g/mol. The van der Waals surface area contributed by atoms with Crippen LogP contribution in [0.2, 0.25) is 0 Å². The van der Waals surface area contributed by atoms with Gasteiger partial charge < -0.3 is 14.2 Å². The van der Waals surface area contributed by atoms with Crippen LogP contribution in [0.1, 0.15) is 33.6 Å². The molecule has 0 N–H and O–H groups in total. The first-order chi connectivity index (χ1) is 10.3. The largest absolute Gasteiger partial charge is 0.469 e. The lowest BCUT2D eigenvalue weighted by Crippen LogP contribution is -2.41. The molecule has 0 radical (unpaired) electrons. The molecule has 3 fully saturated rings. The average Bonchev–Trinajstić information content (AvgIpc) is 3.00. The van der Waals surface area contributed by atoms with Crippen LogP contribution in [0.15, 0.2) is 0 Å². The van der Waals surface area contributed by atoms with Crippen molar-refractivity contribution in [3.05, 3.63) is 0 Å². The van der Waals surface area contributed by atoms with Crippen molar-refractivity contribution >= 4 is 11.9 Å². The van der Waals surface area contributed by atoms with Gasteiger partial charge in [0.15, 0.2) is 0 Å². The normalized spacial score (nSPS) is 45.2. The fraction of sp³-hybridized carbons (Fsp3) is 0.882. The number of hydrogen-bond acceptors (Lipinski definition) is 5. The van der Waals surface area contributed by atoms with E-state index in [-0.39, 0.29) is 35.5 Å². The van der Waals surface area contributed by atoms with Gasteiger partial charge >= 0.3 is 11.9 Å². The smallest absolute Gasteiger partial charge is 0.312 e. The molecule has 0 aromatic heterocycles. The molecule has 0 spiro atoms. The first-order valence-corrected chi connectivity index (χ1v) is 8.12. The van der Waals surface area contributed by atoms with Crippen LogP contribution in [-0.4, -0.2) is 38.4 Å². The van der Waals surface area contributed by atoms with Crippen molar-refractivity contribution in [3.63, 3.8) is 0 Å². The molecule has 22 heavy (non-hydrogen) atoms. The van der Waals surface area contributed by atoms with Gasteiger partial charge in [-0.25, -0.2) is 0 Å². The molecule has 1 saturated carbocycles. The van der Waals surface area contributed by atoms with E-state index in [1.54, 1.807) is 0 Å². The highest BCUT2D eigenvalue weighted by Gasteiger charge is 2.64. The summed E-state index contributed by atoms with van der Waals surface area (Å²) in [6, 6.07) is 0. The molecule has 0 unspecified atom stereocenters. The Bertz CT molecular complexity index is 485. The number of esters is 2. The highest BCUT2D eigenvalue weighted by Crippen LogP contribution is 2.59. The molecule has 5 heteroatoms. The molecule has 5 nitrogen and oxygen atoms in total. The Kier molecular flexibility index (Phi) is 3.75. The lowest BCUT2D eigenvalue weighted by molar-refractivity contribution is -0.157. The van der Waals surface area contributed by atoms with Crippen LogP contribution in [0, 0.1) is 35.0 Å². The highest BCUT2D eigenvalue weighted by atomic mass is 16.6. The molecule has 1 aliphatic carbocycles. The van der Waals surface area contributed by atoms with Crippen LogP contribution in [0.4, 0.5) is 0 Å². The molecular formula is C17H26O5. The van der Waals surface area contributed by atoms with Crippen LogP contribution >= 0.6 is 0 Å². The van der Waals surface area contributed by atoms with Crippen molar-refractivity contribution in [3.8, 4) is 0 Å². The molecule has 2 aliphatic heterocycles. The van der Waals surface area contributed by atoms with Crippen LogP contribution in [-0.2, 0) is 23.8 Å². The maximum absolute atomic E-state index is 12.3. The molecule has 3 aliphatic rings. The fourth-order valence-electron chi connectivity index (χ4n) is 5.25. The Hall–Kier alpha value is -1.10. The molecule has 0 aromatic rings. The minimum absolute atomic E-state index is 0.218. The van der Waals surface area contributed by atoms with E-state index in [2.05, 4.69) is 20.8 Å². The Morgan fingerprint density at radius 2 is 1.45 bits per heavy atom. The van der Waals surface area contributed by atoms with Gasteiger partial charge in [-0.1, -0.05) is 20.8 Å². The van der Waals surface area contributed by atoms with Gasteiger partial charge in [0.05, 0.1) is 38.3 Å². The summed E-state index contributed by atoms with van der Waals surface area (Å²) < 4.78 is 16.1. The molecule has 0 amide bonds. The zero-order chi connectivity index (χ0) is 16.2. The molecule has 2 bridgehead atoms. The Balaban J connectivity index is 1.98. The van der Waals surface area contributed by atoms with E-state index in [0.717, 1.165) is 12.8 Å². The maximum atomic E-state index is 12.3. The van der Waals surface area contributed by atoms with E-state index in [1.165, 1.54) is 14.2 Å². The van der Waals surface area contributed by atoms with Crippen molar-refractivity contribution in [2.24, 2.45) is 35.0 Å². The lowest BCUT2D eigenvalue weighted by Gasteiger charge is -2.38. The molecule has 3 rings (SSSR count). The van der Waals surface area contributed by atoms with Gasteiger partial charge in [-0.2, -0.15) is 0 Å². The number of carbonyl (C=O) groups is 2. The molecule has 124 valence electrons. The summed E-state index contributed by atoms with van der Waals surface area (Å²) in [5.41, 5.74) is 0.263. The summed E-state index contributed by atoms with van der Waals surface area (Å²) in [6.07, 6.45) is 1.69. The van der Waals surface area contributed by atoms with Crippen LogP contribution in [0.3, 0.4) is 0 Å². The SMILES string of the molecule is COC(=O)[C@@H]1[C@@H]2O[C@@H]([C@@H]3CC(C)(C)C[C@@H]3[C@@H]2C)[C@@H]1C(=O)OC. The number of fused-ring (bicyclic) bond motifs is 4.